The zero-order valence-corrected chi connectivity index (χ0v) is 10.5. The van der Waals surface area contributed by atoms with E-state index < -0.39 is 23.3 Å². The molecule has 0 aliphatic carbocycles. The average molecular weight is 239 g/mol. The molecule has 1 heterocycles. The van der Waals surface area contributed by atoms with Crippen LogP contribution in [0.15, 0.2) is 16.8 Å². The van der Waals surface area contributed by atoms with Crippen LogP contribution in [0.5, 0.6) is 0 Å². The zero-order valence-electron chi connectivity index (χ0n) is 10.5. The van der Waals surface area contributed by atoms with Crippen molar-refractivity contribution in [1.82, 2.24) is 0 Å². The molecule has 2 unspecified atom stereocenters. The SMILES string of the molecule is CCOC(=O)C1=CC(C)(C(C)C(=O)O)C(C)=N1. The van der Waals surface area contributed by atoms with Gasteiger partial charge in [-0.05, 0) is 26.8 Å². The molecule has 5 nitrogen and oxygen atoms in total. The molecular weight excluding hydrogens is 222 g/mol. The van der Waals surface area contributed by atoms with Gasteiger partial charge < -0.3 is 9.84 Å². The third-order valence-corrected chi connectivity index (χ3v) is 3.26. The van der Waals surface area contributed by atoms with Crippen LogP contribution in [0, 0.1) is 11.3 Å². The van der Waals surface area contributed by atoms with Crippen LogP contribution in [-0.2, 0) is 14.3 Å². The summed E-state index contributed by atoms with van der Waals surface area (Å²) < 4.78 is 4.85. The molecule has 0 amide bonds. The van der Waals surface area contributed by atoms with Crippen LogP contribution in [0.2, 0.25) is 0 Å². The van der Waals surface area contributed by atoms with Crippen molar-refractivity contribution >= 4 is 17.7 Å². The molecule has 0 aromatic carbocycles. The Morgan fingerprint density at radius 2 is 2.18 bits per heavy atom. The Bertz CT molecular complexity index is 411. The first-order valence-corrected chi connectivity index (χ1v) is 5.51. The van der Waals surface area contributed by atoms with Gasteiger partial charge in [0.25, 0.3) is 0 Å². The summed E-state index contributed by atoms with van der Waals surface area (Å²) in [4.78, 5) is 26.7. The number of rotatable bonds is 4. The van der Waals surface area contributed by atoms with E-state index in [9.17, 15) is 9.59 Å². The third-order valence-electron chi connectivity index (χ3n) is 3.26. The Kier molecular flexibility index (Phi) is 3.70. The van der Waals surface area contributed by atoms with Crippen LogP contribution >= 0.6 is 0 Å². The van der Waals surface area contributed by atoms with E-state index in [1.54, 1.807) is 33.8 Å². The fourth-order valence-electron chi connectivity index (χ4n) is 1.73. The molecule has 0 saturated carbocycles. The van der Waals surface area contributed by atoms with Crippen molar-refractivity contribution in [2.75, 3.05) is 6.61 Å². The highest BCUT2D eigenvalue weighted by atomic mass is 16.5. The number of carboxylic acids is 1. The smallest absolute Gasteiger partial charge is 0.356 e. The summed E-state index contributed by atoms with van der Waals surface area (Å²) in [5, 5.41) is 9.05. The van der Waals surface area contributed by atoms with Gasteiger partial charge in [-0.15, -0.1) is 0 Å². The minimum atomic E-state index is -0.914. The van der Waals surface area contributed by atoms with Crippen molar-refractivity contribution in [2.24, 2.45) is 16.3 Å². The number of aliphatic imine (C=N–C) groups is 1. The average Bonchev–Trinajstić information content (AvgIpc) is 2.56. The van der Waals surface area contributed by atoms with Gasteiger partial charge in [-0.1, -0.05) is 6.92 Å². The number of nitrogens with zero attached hydrogens (tertiary/aromatic N) is 1. The highest BCUT2D eigenvalue weighted by Crippen LogP contribution is 2.37. The van der Waals surface area contributed by atoms with Crippen molar-refractivity contribution in [3.8, 4) is 0 Å². The van der Waals surface area contributed by atoms with Crippen LogP contribution in [-0.4, -0.2) is 29.4 Å². The van der Waals surface area contributed by atoms with E-state index in [4.69, 9.17) is 9.84 Å². The lowest BCUT2D eigenvalue weighted by atomic mass is 9.75. The monoisotopic (exact) mass is 239 g/mol. The van der Waals surface area contributed by atoms with Crippen molar-refractivity contribution in [2.45, 2.75) is 27.7 Å². The molecule has 0 bridgehead atoms. The molecule has 94 valence electrons. The fraction of sp³-hybridized carbons (Fsp3) is 0.583. The summed E-state index contributed by atoms with van der Waals surface area (Å²) in [6.45, 7) is 7.07. The number of hydrogen-bond acceptors (Lipinski definition) is 4. The van der Waals surface area contributed by atoms with Gasteiger partial charge in [-0.25, -0.2) is 9.79 Å². The number of esters is 1. The van der Waals surface area contributed by atoms with Crippen molar-refractivity contribution < 1.29 is 19.4 Å². The van der Waals surface area contributed by atoms with E-state index in [2.05, 4.69) is 4.99 Å². The minimum Gasteiger partial charge on any atom is -0.481 e. The first kappa shape index (κ1) is 13.4. The summed E-state index contributed by atoms with van der Waals surface area (Å²) in [6.07, 6.45) is 1.58. The Labute approximate surface area is 100 Å². The van der Waals surface area contributed by atoms with E-state index in [0.29, 0.717) is 5.71 Å². The second kappa shape index (κ2) is 4.69. The van der Waals surface area contributed by atoms with Gasteiger partial charge in [0.1, 0.15) is 5.70 Å². The number of carbonyl (C=O) groups excluding carboxylic acids is 1. The first-order chi connectivity index (χ1) is 7.82. The standard InChI is InChI=1S/C12H17NO4/c1-5-17-11(16)9-6-12(4,8(3)13-9)7(2)10(14)15/h6-7H,5H2,1-4H3,(H,14,15). The van der Waals surface area contributed by atoms with Crippen molar-refractivity contribution in [3.05, 3.63) is 11.8 Å². The van der Waals surface area contributed by atoms with Gasteiger partial charge in [0.15, 0.2) is 0 Å². The molecule has 17 heavy (non-hydrogen) atoms. The number of allylic oxidation sites excluding steroid dienone is 1. The summed E-state index contributed by atoms with van der Waals surface area (Å²) in [7, 11) is 0. The fourth-order valence-corrected chi connectivity index (χ4v) is 1.73. The third kappa shape index (κ3) is 2.38. The van der Waals surface area contributed by atoms with Gasteiger partial charge in [-0.2, -0.15) is 0 Å². The number of aliphatic carboxylic acids is 1. The predicted molar refractivity (Wildman–Crippen MR) is 62.7 cm³/mol. The number of carboxylic acid groups (broad SMARTS) is 1. The Morgan fingerprint density at radius 3 is 2.65 bits per heavy atom. The Morgan fingerprint density at radius 1 is 1.59 bits per heavy atom. The van der Waals surface area contributed by atoms with Gasteiger partial charge in [0.05, 0.1) is 12.5 Å². The quantitative estimate of drug-likeness (QED) is 0.756. The number of hydrogen-bond donors (Lipinski definition) is 1. The molecule has 0 saturated heterocycles. The van der Waals surface area contributed by atoms with Crippen molar-refractivity contribution in [1.29, 1.82) is 0 Å². The highest BCUT2D eigenvalue weighted by molar-refractivity contribution is 6.02. The van der Waals surface area contributed by atoms with Crippen LogP contribution in [0.1, 0.15) is 27.7 Å². The maximum Gasteiger partial charge on any atom is 0.356 e. The summed E-state index contributed by atoms with van der Waals surface area (Å²) in [5.41, 5.74) is 0.0869. The van der Waals surface area contributed by atoms with E-state index in [-0.39, 0.29) is 12.3 Å². The molecule has 1 aliphatic heterocycles. The predicted octanol–water partition coefficient (Wildman–Crippen LogP) is 1.63. The molecular formula is C12H17NO4. The largest absolute Gasteiger partial charge is 0.481 e. The number of ether oxygens (including phenoxy) is 1. The van der Waals surface area contributed by atoms with Crippen LogP contribution < -0.4 is 0 Å². The highest BCUT2D eigenvalue weighted by Gasteiger charge is 2.41. The van der Waals surface area contributed by atoms with Crippen molar-refractivity contribution in [3.63, 3.8) is 0 Å². The molecule has 1 aliphatic rings. The van der Waals surface area contributed by atoms with Gasteiger partial charge in [0, 0.05) is 11.1 Å². The molecule has 0 fully saturated rings. The molecule has 0 radical (unpaired) electrons. The molecule has 2 atom stereocenters. The molecule has 0 aromatic heterocycles. The molecule has 1 N–H and O–H groups in total. The summed E-state index contributed by atoms with van der Waals surface area (Å²) in [5.74, 6) is -2.06. The zero-order chi connectivity index (χ0) is 13.2. The molecule has 5 heteroatoms. The van der Waals surface area contributed by atoms with E-state index in [1.807, 2.05) is 0 Å². The van der Waals surface area contributed by atoms with E-state index in [0.717, 1.165) is 0 Å². The maximum absolute atomic E-state index is 11.5. The normalized spacial score (nSPS) is 24.9. The topological polar surface area (TPSA) is 76.0 Å². The number of carbonyl (C=O) groups is 2. The Balaban J connectivity index is 3.03. The molecule has 1 rings (SSSR count). The van der Waals surface area contributed by atoms with Crippen LogP contribution in [0.25, 0.3) is 0 Å². The second-order valence-corrected chi connectivity index (χ2v) is 4.29. The molecule has 0 spiro atoms. The first-order valence-electron chi connectivity index (χ1n) is 5.51. The van der Waals surface area contributed by atoms with Gasteiger partial charge >= 0.3 is 11.9 Å². The lowest BCUT2D eigenvalue weighted by molar-refractivity contribution is -0.143. The van der Waals surface area contributed by atoms with Crippen LogP contribution in [0.3, 0.4) is 0 Å². The minimum absolute atomic E-state index is 0.194. The van der Waals surface area contributed by atoms with Crippen LogP contribution in [0.4, 0.5) is 0 Å². The second-order valence-electron chi connectivity index (χ2n) is 4.29. The molecule has 0 aromatic rings. The summed E-state index contributed by atoms with van der Waals surface area (Å²) in [6, 6.07) is 0. The van der Waals surface area contributed by atoms with Gasteiger partial charge in [-0.3, -0.25) is 4.79 Å². The lowest BCUT2D eigenvalue weighted by Gasteiger charge is -2.26. The lowest BCUT2D eigenvalue weighted by Crippen LogP contribution is -2.34. The van der Waals surface area contributed by atoms with Gasteiger partial charge in [0.2, 0.25) is 0 Å². The van der Waals surface area contributed by atoms with E-state index >= 15 is 0 Å². The van der Waals surface area contributed by atoms with E-state index in [1.165, 1.54) is 0 Å². The maximum atomic E-state index is 11.5. The Hall–Kier alpha value is -1.65. The summed E-state index contributed by atoms with van der Waals surface area (Å²) >= 11 is 0.